The van der Waals surface area contributed by atoms with Crippen LogP contribution in [0.3, 0.4) is 0 Å². The minimum atomic E-state index is -4.70. The maximum absolute atomic E-state index is 14.3. The highest BCUT2D eigenvalue weighted by atomic mass is 19.4. The predicted molar refractivity (Wildman–Crippen MR) is 129 cm³/mol. The minimum Gasteiger partial charge on any atom is -0.392 e. The molecule has 2 aliphatic rings. The van der Waals surface area contributed by atoms with Gasteiger partial charge in [0.2, 0.25) is 0 Å². The van der Waals surface area contributed by atoms with Crippen LogP contribution in [0.2, 0.25) is 0 Å². The Balaban J connectivity index is 1.49. The number of benzene rings is 2. The van der Waals surface area contributed by atoms with E-state index in [4.69, 9.17) is 0 Å². The predicted octanol–water partition coefficient (Wildman–Crippen LogP) is 5.23. The first-order valence-electron chi connectivity index (χ1n) is 12.0. The summed E-state index contributed by atoms with van der Waals surface area (Å²) in [5, 5.41) is 17.5. The maximum atomic E-state index is 14.3. The van der Waals surface area contributed by atoms with Gasteiger partial charge < -0.3 is 9.67 Å². The molecule has 0 radical (unpaired) electrons. The lowest BCUT2D eigenvalue weighted by Gasteiger charge is -2.19. The Labute approximate surface area is 214 Å². The number of nitrogens with zero attached hydrogens (tertiary/aromatic N) is 5. The van der Waals surface area contributed by atoms with Gasteiger partial charge >= 0.3 is 6.18 Å². The second-order valence-corrected chi connectivity index (χ2v) is 9.59. The first kappa shape index (κ1) is 24.2. The van der Waals surface area contributed by atoms with Crippen molar-refractivity contribution >= 4 is 11.7 Å². The Morgan fingerprint density at radius 1 is 1.05 bits per heavy atom. The van der Waals surface area contributed by atoms with Crippen LogP contribution in [0.25, 0.3) is 22.5 Å². The number of anilines is 1. The minimum absolute atomic E-state index is 0.00582. The molecule has 1 aliphatic carbocycles. The maximum Gasteiger partial charge on any atom is 0.416 e. The number of pyridine rings is 1. The van der Waals surface area contributed by atoms with Gasteiger partial charge in [0.05, 0.1) is 18.7 Å². The third kappa shape index (κ3) is 4.12. The molecule has 1 N–H and O–H groups in total. The van der Waals surface area contributed by atoms with Crippen LogP contribution < -0.4 is 4.90 Å². The van der Waals surface area contributed by atoms with Crippen molar-refractivity contribution in [1.82, 2.24) is 19.7 Å². The third-order valence-electron chi connectivity index (χ3n) is 6.94. The lowest BCUT2D eigenvalue weighted by molar-refractivity contribution is -0.138. The molecule has 1 amide bonds. The topological polar surface area (TPSA) is 84.1 Å². The quantitative estimate of drug-likeness (QED) is 0.362. The third-order valence-corrected chi connectivity index (χ3v) is 6.94. The molecule has 6 rings (SSSR count). The molecule has 3 heterocycles. The van der Waals surface area contributed by atoms with Crippen molar-refractivity contribution in [2.24, 2.45) is 7.05 Å². The molecule has 38 heavy (non-hydrogen) atoms. The molecule has 0 bridgehead atoms. The molecule has 0 saturated heterocycles. The highest BCUT2D eigenvalue weighted by molar-refractivity contribution is 6.10. The molecule has 1 saturated carbocycles. The monoisotopic (exact) mass is 523 g/mol. The fraction of sp³-hybridized carbons (Fsp3) is 0.259. The summed E-state index contributed by atoms with van der Waals surface area (Å²) in [5.41, 5.74) is 1.24. The SMILES string of the molecule is Cn1cnnc1-c1cc(F)ccc1-c1cc(C2CC2)nc(N2Cc3c(cc(CO)cc3C(F)(F)F)C2=O)c1. The zero-order valence-corrected chi connectivity index (χ0v) is 20.1. The second-order valence-electron chi connectivity index (χ2n) is 9.59. The van der Waals surface area contributed by atoms with Gasteiger partial charge in [-0.1, -0.05) is 6.07 Å². The van der Waals surface area contributed by atoms with Crippen LogP contribution in [0, 0.1) is 5.82 Å². The van der Waals surface area contributed by atoms with E-state index < -0.39 is 30.1 Å². The number of aromatic nitrogens is 4. The number of hydrogen-bond acceptors (Lipinski definition) is 5. The zero-order valence-electron chi connectivity index (χ0n) is 20.1. The summed E-state index contributed by atoms with van der Waals surface area (Å²) in [6, 6.07) is 9.93. The van der Waals surface area contributed by atoms with E-state index in [2.05, 4.69) is 15.2 Å². The molecule has 11 heteroatoms. The number of fused-ring (bicyclic) bond motifs is 1. The van der Waals surface area contributed by atoms with Gasteiger partial charge in [-0.2, -0.15) is 13.2 Å². The number of carbonyl (C=O) groups excluding carboxylic acids is 1. The standard InChI is InChI=1S/C27H21F4N5O2/c1-35-13-32-34-25(35)19-10-17(28)4-5-18(19)16-8-23(15-2-3-15)33-24(9-16)36-11-21-20(26(36)38)6-14(12-37)7-22(21)27(29,30)31/h4-10,13,15,37H,2-3,11-12H2,1H3. The molecule has 0 atom stereocenters. The van der Waals surface area contributed by atoms with Crippen LogP contribution in [0.15, 0.2) is 48.8 Å². The Hall–Kier alpha value is -4.12. The highest BCUT2D eigenvalue weighted by Crippen LogP contribution is 2.44. The number of aryl methyl sites for hydroxylation is 1. The number of aliphatic hydroxyl groups excluding tert-OH is 1. The molecule has 1 fully saturated rings. The van der Waals surface area contributed by atoms with E-state index in [1.807, 2.05) is 6.07 Å². The van der Waals surface area contributed by atoms with Gasteiger partial charge in [-0.25, -0.2) is 9.37 Å². The average Bonchev–Trinajstić information content (AvgIpc) is 3.57. The lowest BCUT2D eigenvalue weighted by Crippen LogP contribution is -2.24. The average molecular weight is 523 g/mol. The van der Waals surface area contributed by atoms with Crippen molar-refractivity contribution in [2.75, 3.05) is 4.90 Å². The summed E-state index contributed by atoms with van der Waals surface area (Å²) >= 11 is 0. The number of alkyl halides is 3. The lowest BCUT2D eigenvalue weighted by atomic mass is 9.98. The number of hydrogen-bond donors (Lipinski definition) is 1. The van der Waals surface area contributed by atoms with Gasteiger partial charge in [0.15, 0.2) is 5.82 Å². The molecular weight excluding hydrogens is 502 g/mol. The van der Waals surface area contributed by atoms with Crippen molar-refractivity contribution < 1.29 is 27.5 Å². The van der Waals surface area contributed by atoms with Crippen LogP contribution in [-0.4, -0.2) is 30.8 Å². The largest absolute Gasteiger partial charge is 0.416 e. The van der Waals surface area contributed by atoms with Crippen LogP contribution in [0.5, 0.6) is 0 Å². The van der Waals surface area contributed by atoms with Crippen LogP contribution in [0.1, 0.15) is 51.5 Å². The fourth-order valence-electron chi connectivity index (χ4n) is 4.90. The first-order valence-corrected chi connectivity index (χ1v) is 12.0. The number of carbonyl (C=O) groups is 1. The van der Waals surface area contributed by atoms with Crippen molar-refractivity contribution in [3.05, 3.63) is 82.6 Å². The van der Waals surface area contributed by atoms with Gasteiger partial charge in [-0.3, -0.25) is 9.69 Å². The van der Waals surface area contributed by atoms with Gasteiger partial charge in [-0.05, 0) is 71.5 Å². The molecule has 7 nitrogen and oxygen atoms in total. The number of amides is 1. The highest BCUT2D eigenvalue weighted by Gasteiger charge is 2.41. The van der Waals surface area contributed by atoms with Crippen molar-refractivity contribution in [2.45, 2.75) is 38.1 Å². The summed E-state index contributed by atoms with van der Waals surface area (Å²) in [6.07, 6.45) is -1.39. The summed E-state index contributed by atoms with van der Waals surface area (Å²) in [7, 11) is 1.73. The Morgan fingerprint density at radius 2 is 1.84 bits per heavy atom. The number of rotatable bonds is 5. The smallest absolute Gasteiger partial charge is 0.392 e. The van der Waals surface area contributed by atoms with E-state index in [0.717, 1.165) is 18.9 Å². The second kappa shape index (κ2) is 8.73. The van der Waals surface area contributed by atoms with E-state index in [1.54, 1.807) is 23.7 Å². The summed E-state index contributed by atoms with van der Waals surface area (Å²) in [4.78, 5) is 19.3. The first-order chi connectivity index (χ1) is 18.1. The van der Waals surface area contributed by atoms with E-state index in [9.17, 15) is 27.5 Å². The van der Waals surface area contributed by atoms with Crippen LogP contribution in [-0.2, 0) is 26.4 Å². The number of halogens is 4. The van der Waals surface area contributed by atoms with Crippen LogP contribution in [0.4, 0.5) is 23.4 Å². The Bertz CT molecular complexity index is 1590. The van der Waals surface area contributed by atoms with E-state index >= 15 is 0 Å². The van der Waals surface area contributed by atoms with Crippen molar-refractivity contribution in [3.63, 3.8) is 0 Å². The molecule has 4 aromatic rings. The van der Waals surface area contributed by atoms with E-state index in [1.165, 1.54) is 29.4 Å². The Morgan fingerprint density at radius 3 is 2.50 bits per heavy atom. The zero-order chi connectivity index (χ0) is 26.8. The normalized spacial score (nSPS) is 15.3. The van der Waals surface area contributed by atoms with Gasteiger partial charge in [0, 0.05) is 29.8 Å². The van der Waals surface area contributed by atoms with Crippen molar-refractivity contribution in [3.8, 4) is 22.5 Å². The summed E-state index contributed by atoms with van der Waals surface area (Å²) in [6.45, 7) is -0.937. The van der Waals surface area contributed by atoms with Crippen LogP contribution >= 0.6 is 0 Å². The van der Waals surface area contributed by atoms with Gasteiger partial charge in [0.1, 0.15) is 18.0 Å². The summed E-state index contributed by atoms with van der Waals surface area (Å²) in [5.74, 6) is -0.286. The molecule has 0 spiro atoms. The molecule has 194 valence electrons. The Kier molecular flexibility index (Phi) is 5.56. The van der Waals surface area contributed by atoms with E-state index in [-0.39, 0.29) is 35.0 Å². The molecule has 0 unspecified atom stereocenters. The van der Waals surface area contributed by atoms with E-state index in [0.29, 0.717) is 28.2 Å². The van der Waals surface area contributed by atoms with Gasteiger partial charge in [0.25, 0.3) is 5.91 Å². The fourth-order valence-corrected chi connectivity index (χ4v) is 4.90. The number of aliphatic hydroxyl groups is 1. The summed E-state index contributed by atoms with van der Waals surface area (Å²) < 4.78 is 57.5. The molecule has 2 aromatic carbocycles. The molecular formula is C27H21F4N5O2. The molecule has 1 aliphatic heterocycles. The molecule has 2 aromatic heterocycles. The van der Waals surface area contributed by atoms with Gasteiger partial charge in [-0.15, -0.1) is 10.2 Å². The van der Waals surface area contributed by atoms with Crippen molar-refractivity contribution in [1.29, 1.82) is 0 Å².